The molecule has 0 spiro atoms. The molecule has 1 aromatic carbocycles. The van der Waals surface area contributed by atoms with E-state index in [1.54, 1.807) is 31.2 Å². The van der Waals surface area contributed by atoms with E-state index in [2.05, 4.69) is 0 Å². The summed E-state index contributed by atoms with van der Waals surface area (Å²) in [6.07, 6.45) is 0. The van der Waals surface area contributed by atoms with Crippen LogP contribution in [0.15, 0.2) is 29.2 Å². The van der Waals surface area contributed by atoms with Crippen LogP contribution in [0.2, 0.25) is 0 Å². The molecule has 0 unspecified atom stereocenters. The smallest absolute Gasteiger partial charge is 0.336 e. The molecule has 0 aliphatic rings. The van der Waals surface area contributed by atoms with Gasteiger partial charge in [0.25, 0.3) is 0 Å². The molecule has 1 aromatic rings. The molecule has 0 radical (unpaired) electrons. The van der Waals surface area contributed by atoms with Gasteiger partial charge in [0.05, 0.1) is 5.56 Å². The van der Waals surface area contributed by atoms with Crippen molar-refractivity contribution in [3.63, 3.8) is 0 Å². The molecule has 0 saturated heterocycles. The highest BCUT2D eigenvalue weighted by molar-refractivity contribution is 8.00. The molecule has 0 amide bonds. The third-order valence-electron chi connectivity index (χ3n) is 2.23. The zero-order valence-electron chi connectivity index (χ0n) is 10.8. The number of carboxylic acid groups (broad SMARTS) is 1. The average Bonchev–Trinajstić information content (AvgIpc) is 2.29. The van der Waals surface area contributed by atoms with Gasteiger partial charge < -0.3 is 14.6 Å². The quantitative estimate of drug-likeness (QED) is 0.609. The summed E-state index contributed by atoms with van der Waals surface area (Å²) < 4.78 is 11.1. The molecule has 100 valence electrons. The Kier molecular flexibility index (Phi) is 5.65. The summed E-state index contributed by atoms with van der Waals surface area (Å²) >= 11 is 1.27. The summed E-state index contributed by atoms with van der Waals surface area (Å²) in [6.45, 7) is 6.54. The molecule has 0 aromatic heterocycles. The second kappa shape index (κ2) is 6.78. The van der Waals surface area contributed by atoms with Gasteiger partial charge in [0.1, 0.15) is 0 Å². The molecule has 0 atom stereocenters. The highest BCUT2D eigenvalue weighted by atomic mass is 32.2. The van der Waals surface area contributed by atoms with E-state index in [4.69, 9.17) is 14.6 Å². The van der Waals surface area contributed by atoms with Gasteiger partial charge >= 0.3 is 5.97 Å². The van der Waals surface area contributed by atoms with E-state index >= 15 is 0 Å². The number of benzene rings is 1. The first-order chi connectivity index (χ1) is 8.52. The molecule has 18 heavy (non-hydrogen) atoms. The SMILES string of the molecule is CCOC(C)(OCC)Sc1ccccc1C(=O)O. The Morgan fingerprint density at radius 2 is 1.83 bits per heavy atom. The van der Waals surface area contributed by atoms with Crippen molar-refractivity contribution < 1.29 is 19.4 Å². The van der Waals surface area contributed by atoms with Crippen LogP contribution < -0.4 is 0 Å². The van der Waals surface area contributed by atoms with Crippen LogP contribution >= 0.6 is 11.8 Å². The van der Waals surface area contributed by atoms with E-state index < -0.39 is 11.1 Å². The fourth-order valence-corrected chi connectivity index (χ4v) is 2.72. The Morgan fingerprint density at radius 3 is 2.33 bits per heavy atom. The molecule has 0 heterocycles. The Hall–Kier alpha value is -1.04. The fourth-order valence-electron chi connectivity index (χ4n) is 1.56. The van der Waals surface area contributed by atoms with Crippen LogP contribution in [0.3, 0.4) is 0 Å². The van der Waals surface area contributed by atoms with Gasteiger partial charge in [0.15, 0.2) is 0 Å². The summed E-state index contributed by atoms with van der Waals surface area (Å²) in [7, 11) is 0. The molecule has 5 heteroatoms. The van der Waals surface area contributed by atoms with E-state index in [0.29, 0.717) is 18.1 Å². The van der Waals surface area contributed by atoms with Crippen LogP contribution in [0.1, 0.15) is 31.1 Å². The Balaban J connectivity index is 2.96. The van der Waals surface area contributed by atoms with Crippen molar-refractivity contribution in [3.8, 4) is 0 Å². The van der Waals surface area contributed by atoms with Gasteiger partial charge in [-0.05, 0) is 26.0 Å². The Bertz CT molecular complexity index is 400. The summed E-state index contributed by atoms with van der Waals surface area (Å²) in [4.78, 5) is 11.8. The van der Waals surface area contributed by atoms with Gasteiger partial charge in [-0.1, -0.05) is 23.9 Å². The lowest BCUT2D eigenvalue weighted by Gasteiger charge is -2.28. The van der Waals surface area contributed by atoms with Crippen molar-refractivity contribution in [1.82, 2.24) is 0 Å². The first-order valence-electron chi connectivity index (χ1n) is 5.81. The molecule has 0 fully saturated rings. The van der Waals surface area contributed by atoms with Gasteiger partial charge in [-0.15, -0.1) is 0 Å². The van der Waals surface area contributed by atoms with Crippen molar-refractivity contribution in [2.45, 2.75) is 30.8 Å². The summed E-state index contributed by atoms with van der Waals surface area (Å²) in [5.41, 5.74) is 0.258. The number of carboxylic acids is 1. The third-order valence-corrected chi connectivity index (χ3v) is 3.41. The van der Waals surface area contributed by atoms with Crippen molar-refractivity contribution in [3.05, 3.63) is 29.8 Å². The zero-order valence-corrected chi connectivity index (χ0v) is 11.6. The lowest BCUT2D eigenvalue weighted by atomic mass is 10.2. The molecule has 0 saturated carbocycles. The third kappa shape index (κ3) is 4.01. The second-order valence-electron chi connectivity index (χ2n) is 3.63. The molecule has 0 aliphatic heterocycles. The molecule has 0 aliphatic carbocycles. The standard InChI is InChI=1S/C13H18O4S/c1-4-16-13(3,17-5-2)18-11-9-7-6-8-10(11)12(14)15/h6-9H,4-5H2,1-3H3,(H,14,15). The minimum absolute atomic E-state index is 0.258. The highest BCUT2D eigenvalue weighted by Gasteiger charge is 2.28. The number of hydrogen-bond acceptors (Lipinski definition) is 4. The number of rotatable bonds is 7. The highest BCUT2D eigenvalue weighted by Crippen LogP contribution is 2.36. The van der Waals surface area contributed by atoms with Crippen LogP contribution in [0, 0.1) is 0 Å². The molecule has 1 rings (SSSR count). The predicted octanol–water partition coefficient (Wildman–Crippen LogP) is 3.22. The van der Waals surface area contributed by atoms with E-state index in [9.17, 15) is 4.79 Å². The number of hydrogen-bond donors (Lipinski definition) is 1. The maximum atomic E-state index is 11.1. The first kappa shape index (κ1) is 15.0. The topological polar surface area (TPSA) is 55.8 Å². The van der Waals surface area contributed by atoms with Crippen molar-refractivity contribution in [2.75, 3.05) is 13.2 Å². The number of ether oxygens (including phenoxy) is 2. The Labute approximate surface area is 111 Å². The minimum Gasteiger partial charge on any atom is -0.478 e. The zero-order chi connectivity index (χ0) is 13.6. The summed E-state index contributed by atoms with van der Waals surface area (Å²) in [5, 5.41) is 8.26. The molecule has 1 N–H and O–H groups in total. The van der Waals surface area contributed by atoms with Crippen LogP contribution in [-0.4, -0.2) is 29.4 Å². The molecular weight excluding hydrogens is 252 g/mol. The normalized spacial score (nSPS) is 11.5. The largest absolute Gasteiger partial charge is 0.478 e. The van der Waals surface area contributed by atoms with Crippen molar-refractivity contribution in [2.24, 2.45) is 0 Å². The van der Waals surface area contributed by atoms with E-state index in [-0.39, 0.29) is 5.56 Å². The van der Waals surface area contributed by atoms with Gasteiger partial charge in [-0.25, -0.2) is 4.79 Å². The predicted molar refractivity (Wildman–Crippen MR) is 70.9 cm³/mol. The minimum atomic E-state index is -0.951. The van der Waals surface area contributed by atoms with Crippen molar-refractivity contribution >= 4 is 17.7 Å². The number of aromatic carboxylic acids is 1. The maximum Gasteiger partial charge on any atom is 0.336 e. The van der Waals surface area contributed by atoms with E-state index in [1.165, 1.54) is 11.8 Å². The fraction of sp³-hybridized carbons (Fsp3) is 0.462. The van der Waals surface area contributed by atoms with E-state index in [0.717, 1.165) is 0 Å². The van der Waals surface area contributed by atoms with Gasteiger partial charge in [-0.3, -0.25) is 0 Å². The lowest BCUT2D eigenvalue weighted by Crippen LogP contribution is -2.28. The molecule has 4 nitrogen and oxygen atoms in total. The maximum absolute atomic E-state index is 11.1. The monoisotopic (exact) mass is 270 g/mol. The first-order valence-corrected chi connectivity index (χ1v) is 6.63. The van der Waals surface area contributed by atoms with E-state index in [1.807, 2.05) is 13.8 Å². The van der Waals surface area contributed by atoms with Crippen molar-refractivity contribution in [1.29, 1.82) is 0 Å². The molecular formula is C13H18O4S. The van der Waals surface area contributed by atoms with Gasteiger partial charge in [0.2, 0.25) is 5.12 Å². The van der Waals surface area contributed by atoms with Crippen LogP contribution in [0.4, 0.5) is 0 Å². The van der Waals surface area contributed by atoms with Crippen LogP contribution in [0.5, 0.6) is 0 Å². The lowest BCUT2D eigenvalue weighted by molar-refractivity contribution is -0.152. The summed E-state index contributed by atoms with van der Waals surface area (Å²) in [5.74, 6) is -0.951. The second-order valence-corrected chi connectivity index (χ2v) is 5.02. The number of thioether (sulfide) groups is 1. The van der Waals surface area contributed by atoms with Crippen LogP contribution in [0.25, 0.3) is 0 Å². The number of carbonyl (C=O) groups is 1. The Morgan fingerprint density at radius 1 is 1.28 bits per heavy atom. The van der Waals surface area contributed by atoms with Crippen LogP contribution in [-0.2, 0) is 9.47 Å². The average molecular weight is 270 g/mol. The molecule has 0 bridgehead atoms. The summed E-state index contributed by atoms with van der Waals surface area (Å²) in [6, 6.07) is 6.83. The van der Waals surface area contributed by atoms with Gasteiger partial charge in [0, 0.05) is 25.0 Å². The van der Waals surface area contributed by atoms with Gasteiger partial charge in [-0.2, -0.15) is 0 Å².